The van der Waals surface area contributed by atoms with Crippen LogP contribution < -0.4 is 11.5 Å². The number of alkyl halides is 3. The summed E-state index contributed by atoms with van der Waals surface area (Å²) < 4.78 is 41.3. The first kappa shape index (κ1) is 20.0. The molecule has 0 unspecified atom stereocenters. The molecule has 2 heterocycles. The van der Waals surface area contributed by atoms with Crippen molar-refractivity contribution in [2.45, 2.75) is 23.6 Å². The van der Waals surface area contributed by atoms with Gasteiger partial charge in [0.05, 0.1) is 28.9 Å². The molecule has 0 fully saturated rings. The number of hydrogen-bond donors (Lipinski definition) is 2. The number of thioether (sulfide) groups is 1. The monoisotopic (exact) mass is 431 g/mol. The van der Waals surface area contributed by atoms with Crippen LogP contribution in [0.4, 0.5) is 25.1 Å². The van der Waals surface area contributed by atoms with E-state index in [0.717, 1.165) is 17.7 Å². The van der Waals surface area contributed by atoms with Crippen LogP contribution >= 0.6 is 11.8 Å². The highest BCUT2D eigenvalue weighted by Gasteiger charge is 2.31. The summed E-state index contributed by atoms with van der Waals surface area (Å²) in [4.78, 5) is 16.2. The number of anilines is 2. The van der Waals surface area contributed by atoms with Gasteiger partial charge in [0, 0.05) is 0 Å². The molecule has 0 saturated heterocycles. The van der Waals surface area contributed by atoms with Crippen molar-refractivity contribution in [3.8, 4) is 0 Å². The van der Waals surface area contributed by atoms with Gasteiger partial charge in [-0.15, -0.1) is 0 Å². The van der Waals surface area contributed by atoms with Gasteiger partial charge in [-0.1, -0.05) is 42.1 Å². The molecule has 0 radical (unpaired) electrons. The minimum Gasteiger partial charge on any atom is -0.368 e. The fraction of sp³-hybridized carbons (Fsp3) is 0.158. The maximum absolute atomic E-state index is 13.1. The standard InChI is InChI=1S/C19H16F3N7S/c20-19(21,22)12-6-7-14-13(8-12)25-18(29(14)9-11-4-2-1-3-5-11)30-10-15-26-16(23)28-17(24)27-15/h1-8H,9-10H2,(H4,23,24,26,27,28). The molecule has 0 atom stereocenters. The Morgan fingerprint density at radius 2 is 1.60 bits per heavy atom. The Balaban J connectivity index is 1.72. The van der Waals surface area contributed by atoms with E-state index in [-0.39, 0.29) is 23.2 Å². The van der Waals surface area contributed by atoms with Crippen LogP contribution in [0.3, 0.4) is 0 Å². The molecule has 0 bridgehead atoms. The largest absolute Gasteiger partial charge is 0.416 e. The Hall–Kier alpha value is -3.34. The van der Waals surface area contributed by atoms with E-state index in [1.165, 1.54) is 17.8 Å². The van der Waals surface area contributed by atoms with Crippen molar-refractivity contribution < 1.29 is 13.2 Å². The molecule has 2 aromatic heterocycles. The van der Waals surface area contributed by atoms with Gasteiger partial charge in [0.2, 0.25) is 11.9 Å². The van der Waals surface area contributed by atoms with Crippen LogP contribution in [0.25, 0.3) is 11.0 Å². The number of nitrogens with zero attached hydrogens (tertiary/aromatic N) is 5. The lowest BCUT2D eigenvalue weighted by molar-refractivity contribution is -0.137. The molecule has 4 rings (SSSR count). The fourth-order valence-electron chi connectivity index (χ4n) is 2.96. The average Bonchev–Trinajstić information content (AvgIpc) is 3.02. The quantitative estimate of drug-likeness (QED) is 0.463. The smallest absolute Gasteiger partial charge is 0.368 e. The maximum Gasteiger partial charge on any atom is 0.416 e. The second kappa shape index (κ2) is 7.82. The third-order valence-electron chi connectivity index (χ3n) is 4.27. The molecule has 30 heavy (non-hydrogen) atoms. The van der Waals surface area contributed by atoms with Crippen LogP contribution in [0.5, 0.6) is 0 Å². The third kappa shape index (κ3) is 4.30. The Morgan fingerprint density at radius 3 is 2.27 bits per heavy atom. The minimum atomic E-state index is -4.44. The second-order valence-corrected chi connectivity index (χ2v) is 7.37. The van der Waals surface area contributed by atoms with Crippen molar-refractivity contribution in [1.82, 2.24) is 24.5 Å². The van der Waals surface area contributed by atoms with Crippen molar-refractivity contribution in [2.24, 2.45) is 0 Å². The van der Waals surface area contributed by atoms with Crippen LogP contribution in [-0.2, 0) is 18.5 Å². The molecule has 0 spiro atoms. The normalized spacial score (nSPS) is 11.8. The summed E-state index contributed by atoms with van der Waals surface area (Å²) in [5.74, 6) is 0.650. The summed E-state index contributed by atoms with van der Waals surface area (Å²) in [7, 11) is 0. The van der Waals surface area contributed by atoms with Gasteiger partial charge < -0.3 is 16.0 Å². The number of rotatable bonds is 5. The molecule has 0 saturated carbocycles. The Morgan fingerprint density at radius 1 is 0.900 bits per heavy atom. The van der Waals surface area contributed by atoms with Crippen LogP contribution in [0.15, 0.2) is 53.7 Å². The highest BCUT2D eigenvalue weighted by molar-refractivity contribution is 7.98. The molecular weight excluding hydrogens is 415 g/mol. The first-order valence-electron chi connectivity index (χ1n) is 8.80. The Kier molecular flexibility index (Phi) is 5.20. The number of nitrogen functional groups attached to an aromatic ring is 2. The van der Waals surface area contributed by atoms with Gasteiger partial charge in [-0.05, 0) is 23.8 Å². The molecule has 7 nitrogen and oxygen atoms in total. The fourth-order valence-corrected chi connectivity index (χ4v) is 3.83. The van der Waals surface area contributed by atoms with Gasteiger partial charge in [0.1, 0.15) is 5.82 Å². The van der Waals surface area contributed by atoms with Gasteiger partial charge in [0.25, 0.3) is 0 Å². The van der Waals surface area contributed by atoms with Gasteiger partial charge in [-0.2, -0.15) is 28.1 Å². The van der Waals surface area contributed by atoms with Crippen molar-refractivity contribution in [3.05, 3.63) is 65.5 Å². The van der Waals surface area contributed by atoms with Crippen LogP contribution in [-0.4, -0.2) is 24.5 Å². The summed E-state index contributed by atoms with van der Waals surface area (Å²) in [6.07, 6.45) is -4.44. The Labute approximate surface area is 173 Å². The van der Waals surface area contributed by atoms with Gasteiger partial charge in [-0.3, -0.25) is 0 Å². The minimum absolute atomic E-state index is 0.00528. The van der Waals surface area contributed by atoms with Crippen molar-refractivity contribution in [1.29, 1.82) is 0 Å². The number of hydrogen-bond acceptors (Lipinski definition) is 7. The SMILES string of the molecule is Nc1nc(N)nc(CSc2nc3cc(C(F)(F)F)ccc3n2Cc2ccccc2)n1. The molecular formula is C19H16F3N7S. The lowest BCUT2D eigenvalue weighted by Gasteiger charge is -2.10. The van der Waals surface area contributed by atoms with Gasteiger partial charge >= 0.3 is 6.18 Å². The van der Waals surface area contributed by atoms with Crippen molar-refractivity contribution >= 4 is 34.7 Å². The van der Waals surface area contributed by atoms with E-state index < -0.39 is 11.7 Å². The van der Waals surface area contributed by atoms with E-state index in [2.05, 4.69) is 19.9 Å². The number of nitrogens with two attached hydrogens (primary N) is 2. The lowest BCUT2D eigenvalue weighted by Crippen LogP contribution is -2.07. The van der Waals surface area contributed by atoms with Crippen LogP contribution in [0.1, 0.15) is 17.0 Å². The number of benzene rings is 2. The average molecular weight is 431 g/mol. The topological polar surface area (TPSA) is 109 Å². The molecule has 0 amide bonds. The van der Waals surface area contributed by atoms with E-state index in [9.17, 15) is 13.2 Å². The van der Waals surface area contributed by atoms with E-state index in [1.54, 1.807) is 0 Å². The van der Waals surface area contributed by atoms with Crippen LogP contribution in [0, 0.1) is 0 Å². The lowest BCUT2D eigenvalue weighted by atomic mass is 10.2. The zero-order valence-corrected chi connectivity index (χ0v) is 16.3. The molecule has 4 N–H and O–H groups in total. The van der Waals surface area contributed by atoms with Crippen LogP contribution in [0.2, 0.25) is 0 Å². The Bertz CT molecular complexity index is 1170. The van der Waals surface area contributed by atoms with E-state index in [1.807, 2.05) is 34.9 Å². The summed E-state index contributed by atoms with van der Waals surface area (Å²) in [5.41, 5.74) is 12.3. The molecule has 0 aliphatic rings. The first-order chi connectivity index (χ1) is 14.3. The highest BCUT2D eigenvalue weighted by atomic mass is 32.2. The molecule has 11 heteroatoms. The molecule has 0 aliphatic carbocycles. The number of aromatic nitrogens is 5. The number of imidazole rings is 1. The summed E-state index contributed by atoms with van der Waals surface area (Å²) >= 11 is 1.28. The van der Waals surface area contributed by atoms with Gasteiger partial charge in [0.15, 0.2) is 5.16 Å². The summed E-state index contributed by atoms with van der Waals surface area (Å²) in [6, 6.07) is 13.1. The zero-order valence-electron chi connectivity index (χ0n) is 15.5. The molecule has 4 aromatic rings. The van der Waals surface area contributed by atoms with Crippen molar-refractivity contribution in [3.63, 3.8) is 0 Å². The first-order valence-corrected chi connectivity index (χ1v) is 9.78. The summed E-state index contributed by atoms with van der Waals surface area (Å²) in [5, 5.41) is 0.533. The number of halogens is 3. The van der Waals surface area contributed by atoms with E-state index in [4.69, 9.17) is 11.5 Å². The van der Waals surface area contributed by atoms with E-state index in [0.29, 0.717) is 23.0 Å². The second-order valence-electron chi connectivity index (χ2n) is 6.42. The van der Waals surface area contributed by atoms with Gasteiger partial charge in [-0.25, -0.2) is 4.98 Å². The predicted octanol–water partition coefficient (Wildman–Crippen LogP) is 3.75. The number of fused-ring (bicyclic) bond motifs is 1. The predicted molar refractivity (Wildman–Crippen MR) is 108 cm³/mol. The summed E-state index contributed by atoms with van der Waals surface area (Å²) in [6.45, 7) is 0.451. The highest BCUT2D eigenvalue weighted by Crippen LogP contribution is 2.33. The van der Waals surface area contributed by atoms with Crippen molar-refractivity contribution in [2.75, 3.05) is 11.5 Å². The maximum atomic E-state index is 13.1. The molecule has 0 aliphatic heterocycles. The third-order valence-corrected chi connectivity index (χ3v) is 5.24. The molecule has 154 valence electrons. The zero-order chi connectivity index (χ0) is 21.3. The van der Waals surface area contributed by atoms with E-state index >= 15 is 0 Å². The molecule has 2 aromatic carbocycles.